The molecule has 1 aromatic rings. The van der Waals surface area contributed by atoms with Crippen molar-refractivity contribution in [3.63, 3.8) is 0 Å². The van der Waals surface area contributed by atoms with E-state index >= 15 is 0 Å². The second kappa shape index (κ2) is 5.26. The molecule has 2 heterocycles. The molecule has 23 heavy (non-hydrogen) atoms. The Kier molecular flexibility index (Phi) is 3.63. The molecule has 6 nitrogen and oxygen atoms in total. The van der Waals surface area contributed by atoms with E-state index in [1.54, 1.807) is 17.0 Å². The summed E-state index contributed by atoms with van der Waals surface area (Å²) in [5.74, 6) is -2.01. The number of amides is 2. The number of aliphatic carboxylic acids is 1. The Morgan fingerprint density at radius 1 is 1.35 bits per heavy atom. The fourth-order valence-corrected chi connectivity index (χ4v) is 4.74. The minimum atomic E-state index is -1.35. The molecule has 1 fully saturated rings. The normalized spacial score (nSPS) is 25.7. The summed E-state index contributed by atoms with van der Waals surface area (Å²) in [4.78, 5) is 37.7. The zero-order valence-electron chi connectivity index (χ0n) is 13.0. The van der Waals surface area contributed by atoms with Gasteiger partial charge in [-0.05, 0) is 32.4 Å². The van der Waals surface area contributed by atoms with Crippen LogP contribution in [0.25, 0.3) is 0 Å². The Morgan fingerprint density at radius 2 is 2.00 bits per heavy atom. The van der Waals surface area contributed by atoms with Gasteiger partial charge in [0.25, 0.3) is 5.91 Å². The Bertz CT molecular complexity index is 703. The number of benzene rings is 1. The molecule has 0 bridgehead atoms. The molecule has 0 aliphatic carbocycles. The van der Waals surface area contributed by atoms with Gasteiger partial charge < -0.3 is 20.1 Å². The van der Waals surface area contributed by atoms with Crippen LogP contribution in [-0.2, 0) is 9.59 Å². The number of hydrogen-bond acceptors (Lipinski definition) is 5. The van der Waals surface area contributed by atoms with Gasteiger partial charge in [-0.3, -0.25) is 9.59 Å². The Morgan fingerprint density at radius 3 is 2.65 bits per heavy atom. The SMILES string of the molecule is C[C@H](NC(=O)[C@H]1N2C(=O)c3ccccc3[C@@H]2SC1(C)C)C(=O)[O-]. The molecule has 7 heteroatoms. The fourth-order valence-electron chi connectivity index (χ4n) is 3.16. The molecule has 0 unspecified atom stereocenters. The lowest BCUT2D eigenvalue weighted by Crippen LogP contribution is -2.56. The molecule has 3 rings (SSSR count). The lowest BCUT2D eigenvalue weighted by Gasteiger charge is -2.30. The van der Waals surface area contributed by atoms with Crippen molar-refractivity contribution in [1.82, 2.24) is 10.2 Å². The lowest BCUT2D eigenvalue weighted by molar-refractivity contribution is -0.307. The number of hydrogen-bond donors (Lipinski definition) is 1. The van der Waals surface area contributed by atoms with E-state index in [-0.39, 0.29) is 11.3 Å². The van der Waals surface area contributed by atoms with Gasteiger partial charge in [0, 0.05) is 10.3 Å². The van der Waals surface area contributed by atoms with Crippen molar-refractivity contribution < 1.29 is 19.5 Å². The number of carboxylic acid groups (broad SMARTS) is 1. The van der Waals surface area contributed by atoms with E-state index in [2.05, 4.69) is 5.32 Å². The highest BCUT2D eigenvalue weighted by molar-refractivity contribution is 8.01. The first-order chi connectivity index (χ1) is 10.7. The van der Waals surface area contributed by atoms with E-state index in [0.29, 0.717) is 5.56 Å². The molecule has 2 aliphatic rings. The van der Waals surface area contributed by atoms with E-state index in [0.717, 1.165) is 5.56 Å². The molecule has 0 radical (unpaired) electrons. The summed E-state index contributed by atoms with van der Waals surface area (Å²) in [5.41, 5.74) is 1.50. The molecule has 0 spiro atoms. The maximum Gasteiger partial charge on any atom is 0.256 e. The maximum atomic E-state index is 12.7. The van der Waals surface area contributed by atoms with Gasteiger partial charge in [-0.25, -0.2) is 0 Å². The van der Waals surface area contributed by atoms with Crippen LogP contribution in [0.15, 0.2) is 24.3 Å². The second-order valence-electron chi connectivity index (χ2n) is 6.33. The van der Waals surface area contributed by atoms with E-state index < -0.39 is 28.7 Å². The summed E-state index contributed by atoms with van der Waals surface area (Å²) in [6.07, 6.45) is 0. The summed E-state index contributed by atoms with van der Waals surface area (Å²) < 4.78 is -0.524. The van der Waals surface area contributed by atoms with Crippen LogP contribution in [0.1, 0.15) is 42.1 Å². The molecule has 1 N–H and O–H groups in total. The molecule has 2 amide bonds. The highest BCUT2D eigenvalue weighted by Gasteiger charge is 2.57. The van der Waals surface area contributed by atoms with Crippen LogP contribution in [0.2, 0.25) is 0 Å². The van der Waals surface area contributed by atoms with Gasteiger partial charge >= 0.3 is 0 Å². The van der Waals surface area contributed by atoms with Crippen molar-refractivity contribution >= 4 is 29.5 Å². The van der Waals surface area contributed by atoms with E-state index in [4.69, 9.17) is 0 Å². The zero-order valence-corrected chi connectivity index (χ0v) is 13.8. The molecule has 2 aliphatic heterocycles. The van der Waals surface area contributed by atoms with E-state index in [9.17, 15) is 19.5 Å². The predicted octanol–water partition coefficient (Wildman–Crippen LogP) is 0.290. The van der Waals surface area contributed by atoms with Crippen molar-refractivity contribution in [2.24, 2.45) is 0 Å². The molecule has 3 atom stereocenters. The topological polar surface area (TPSA) is 89.5 Å². The van der Waals surface area contributed by atoms with Crippen LogP contribution in [-0.4, -0.2) is 39.5 Å². The van der Waals surface area contributed by atoms with Crippen molar-refractivity contribution in [3.05, 3.63) is 35.4 Å². The molecule has 1 aromatic carbocycles. The average Bonchev–Trinajstić information content (AvgIpc) is 2.90. The smallest absolute Gasteiger partial charge is 0.256 e. The standard InChI is InChI=1S/C16H18N2O4S/c1-8(15(21)22)17-12(19)11-16(2,3)23-14-10-7-5-4-6-9(10)13(20)18(11)14/h4-8,11,14H,1-3H3,(H,17,19)(H,21,22)/p-1/t8-,11+,14-/m0/s1. The third-order valence-corrected chi connectivity index (χ3v) is 5.79. The number of rotatable bonds is 3. The quantitative estimate of drug-likeness (QED) is 0.859. The van der Waals surface area contributed by atoms with Gasteiger partial charge in [0.05, 0.1) is 12.0 Å². The van der Waals surface area contributed by atoms with Crippen LogP contribution in [0.4, 0.5) is 0 Å². The van der Waals surface area contributed by atoms with Gasteiger partial charge in [0.15, 0.2) is 0 Å². The summed E-state index contributed by atoms with van der Waals surface area (Å²) in [6, 6.07) is 5.46. The number of thioether (sulfide) groups is 1. The van der Waals surface area contributed by atoms with E-state index in [1.807, 2.05) is 26.0 Å². The number of carbonyl (C=O) groups is 3. The largest absolute Gasteiger partial charge is 0.548 e. The number of carboxylic acids is 1. The molecule has 0 saturated carbocycles. The highest BCUT2D eigenvalue weighted by atomic mass is 32.2. The third-order valence-electron chi connectivity index (χ3n) is 4.26. The number of carbonyl (C=O) groups excluding carboxylic acids is 3. The van der Waals surface area contributed by atoms with Crippen molar-refractivity contribution in [2.75, 3.05) is 0 Å². The summed E-state index contributed by atoms with van der Waals surface area (Å²) in [5, 5.41) is 13.1. The van der Waals surface area contributed by atoms with Crippen LogP contribution >= 0.6 is 11.8 Å². The number of nitrogens with zero attached hydrogens (tertiary/aromatic N) is 1. The number of nitrogens with one attached hydrogen (secondary N) is 1. The number of fused-ring (bicyclic) bond motifs is 3. The fraction of sp³-hybridized carbons (Fsp3) is 0.438. The molecule has 0 aromatic heterocycles. The van der Waals surface area contributed by atoms with Gasteiger partial charge in [-0.2, -0.15) is 0 Å². The third kappa shape index (κ3) is 2.39. The van der Waals surface area contributed by atoms with Gasteiger partial charge in [-0.15, -0.1) is 11.8 Å². The predicted molar refractivity (Wildman–Crippen MR) is 83.4 cm³/mol. The van der Waals surface area contributed by atoms with Crippen LogP contribution in [0, 0.1) is 0 Å². The Labute approximate surface area is 138 Å². The molecule has 1 saturated heterocycles. The Hall–Kier alpha value is -2.02. The molecule has 122 valence electrons. The molecular weight excluding hydrogens is 316 g/mol. The summed E-state index contributed by atoms with van der Waals surface area (Å²) in [6.45, 7) is 5.12. The first kappa shape index (κ1) is 15.9. The van der Waals surface area contributed by atoms with E-state index in [1.165, 1.54) is 18.7 Å². The highest BCUT2D eigenvalue weighted by Crippen LogP contribution is 2.56. The monoisotopic (exact) mass is 333 g/mol. The minimum absolute atomic E-state index is 0.190. The first-order valence-corrected chi connectivity index (χ1v) is 8.22. The average molecular weight is 333 g/mol. The zero-order chi connectivity index (χ0) is 16.9. The van der Waals surface area contributed by atoms with Crippen LogP contribution in [0.5, 0.6) is 0 Å². The first-order valence-electron chi connectivity index (χ1n) is 7.34. The van der Waals surface area contributed by atoms with Crippen molar-refractivity contribution in [3.8, 4) is 0 Å². The summed E-state index contributed by atoms with van der Waals surface area (Å²) in [7, 11) is 0. The van der Waals surface area contributed by atoms with Gasteiger partial charge in [0.2, 0.25) is 5.91 Å². The van der Waals surface area contributed by atoms with Crippen LogP contribution < -0.4 is 10.4 Å². The van der Waals surface area contributed by atoms with Crippen molar-refractivity contribution in [2.45, 2.75) is 43.0 Å². The lowest BCUT2D eigenvalue weighted by atomic mass is 10.0. The van der Waals surface area contributed by atoms with Gasteiger partial charge in [0.1, 0.15) is 11.4 Å². The second-order valence-corrected chi connectivity index (χ2v) is 8.06. The summed E-state index contributed by atoms with van der Waals surface area (Å²) >= 11 is 1.54. The van der Waals surface area contributed by atoms with Crippen LogP contribution in [0.3, 0.4) is 0 Å². The van der Waals surface area contributed by atoms with Gasteiger partial charge in [-0.1, -0.05) is 18.2 Å². The maximum absolute atomic E-state index is 12.7. The molecular formula is C16H17N2O4S-. The Balaban J connectivity index is 1.94. The van der Waals surface area contributed by atoms with Crippen molar-refractivity contribution in [1.29, 1.82) is 0 Å². The minimum Gasteiger partial charge on any atom is -0.548 e.